The number of likely N-dealkylation sites (tertiary alicyclic amines) is 1. The highest BCUT2D eigenvalue weighted by atomic mass is 32.1. The summed E-state index contributed by atoms with van der Waals surface area (Å²) in [6.45, 7) is 10.7. The second-order valence-corrected chi connectivity index (χ2v) is 8.51. The fourth-order valence-corrected chi connectivity index (χ4v) is 4.10. The van der Waals surface area contributed by atoms with Gasteiger partial charge >= 0.3 is 0 Å². The van der Waals surface area contributed by atoms with E-state index in [2.05, 4.69) is 42.4 Å². The van der Waals surface area contributed by atoms with E-state index >= 15 is 0 Å². The first-order valence-electron chi connectivity index (χ1n) is 8.97. The second kappa shape index (κ2) is 7.81. The van der Waals surface area contributed by atoms with E-state index in [0.717, 1.165) is 37.6 Å². The molecule has 3 rings (SSSR count). The van der Waals surface area contributed by atoms with Crippen LogP contribution in [-0.4, -0.2) is 29.5 Å². The van der Waals surface area contributed by atoms with Crippen molar-refractivity contribution in [3.05, 3.63) is 40.2 Å². The van der Waals surface area contributed by atoms with Crippen molar-refractivity contribution in [2.45, 2.75) is 58.0 Å². The van der Waals surface area contributed by atoms with Crippen LogP contribution in [0.1, 0.15) is 62.5 Å². The molecule has 0 amide bonds. The maximum absolute atomic E-state index is 5.71. The number of furan rings is 1. The molecule has 2 aromatic heterocycles. The Labute approximate surface area is 149 Å². The van der Waals surface area contributed by atoms with E-state index in [0.29, 0.717) is 6.04 Å². The molecule has 0 aliphatic carbocycles. The second-order valence-electron chi connectivity index (χ2n) is 7.65. The van der Waals surface area contributed by atoms with Crippen LogP contribution in [0.2, 0.25) is 0 Å². The van der Waals surface area contributed by atoms with Gasteiger partial charge in [0, 0.05) is 23.9 Å². The van der Waals surface area contributed by atoms with Crippen molar-refractivity contribution in [2.24, 2.45) is 0 Å². The molecule has 0 spiro atoms. The van der Waals surface area contributed by atoms with Gasteiger partial charge in [0.25, 0.3) is 0 Å². The monoisotopic (exact) mass is 347 g/mol. The van der Waals surface area contributed by atoms with Crippen molar-refractivity contribution in [3.8, 4) is 0 Å². The van der Waals surface area contributed by atoms with Crippen molar-refractivity contribution in [3.63, 3.8) is 0 Å². The zero-order chi connectivity index (χ0) is 17.0. The number of hydrogen-bond acceptors (Lipinski definition) is 5. The zero-order valence-corrected chi connectivity index (χ0v) is 15.9. The van der Waals surface area contributed by atoms with Crippen LogP contribution < -0.4 is 5.32 Å². The van der Waals surface area contributed by atoms with Gasteiger partial charge in [0.05, 0.1) is 23.0 Å². The average Bonchev–Trinajstić information content (AvgIpc) is 3.23. The molecule has 1 unspecified atom stereocenters. The fourth-order valence-electron chi connectivity index (χ4n) is 3.19. The van der Waals surface area contributed by atoms with Gasteiger partial charge in [0.2, 0.25) is 0 Å². The highest BCUT2D eigenvalue weighted by Gasteiger charge is 2.24. The first kappa shape index (κ1) is 17.6. The predicted octanol–water partition coefficient (Wildman–Crippen LogP) is 4.35. The van der Waals surface area contributed by atoms with Gasteiger partial charge in [-0.2, -0.15) is 0 Å². The SMILES string of the molecule is CC(C)(C)c1nc(CNCC(c2ccco2)N2CCCCC2)cs1. The summed E-state index contributed by atoms with van der Waals surface area (Å²) in [5.74, 6) is 1.07. The third-order valence-corrected chi connectivity index (χ3v) is 5.86. The van der Waals surface area contributed by atoms with E-state index in [4.69, 9.17) is 9.40 Å². The van der Waals surface area contributed by atoms with Crippen LogP contribution in [0.4, 0.5) is 0 Å². The minimum Gasteiger partial charge on any atom is -0.468 e. The van der Waals surface area contributed by atoms with Crippen LogP contribution in [0, 0.1) is 0 Å². The van der Waals surface area contributed by atoms with Crippen molar-refractivity contribution in [1.82, 2.24) is 15.2 Å². The lowest BCUT2D eigenvalue weighted by atomic mass is 9.98. The normalized spacial score (nSPS) is 18.0. The molecule has 24 heavy (non-hydrogen) atoms. The molecule has 0 radical (unpaired) electrons. The molecule has 1 aliphatic heterocycles. The Balaban J connectivity index is 1.58. The summed E-state index contributed by atoms with van der Waals surface area (Å²) < 4.78 is 5.71. The molecule has 0 saturated carbocycles. The first-order valence-corrected chi connectivity index (χ1v) is 9.85. The van der Waals surface area contributed by atoms with Gasteiger partial charge in [0.15, 0.2) is 0 Å². The topological polar surface area (TPSA) is 41.3 Å². The predicted molar refractivity (Wildman–Crippen MR) is 99.4 cm³/mol. The summed E-state index contributed by atoms with van der Waals surface area (Å²) in [5, 5.41) is 6.98. The van der Waals surface area contributed by atoms with Crippen molar-refractivity contribution < 1.29 is 4.42 Å². The standard InChI is InChI=1S/C19H29N3OS/c1-19(2,3)18-21-15(14-24-18)12-20-13-16(17-8-7-11-23-17)22-9-5-4-6-10-22/h7-8,11,14,16,20H,4-6,9-10,12-13H2,1-3H3. The minimum absolute atomic E-state index is 0.132. The molecule has 0 aromatic carbocycles. The molecule has 1 atom stereocenters. The molecule has 4 nitrogen and oxygen atoms in total. The summed E-state index contributed by atoms with van der Waals surface area (Å²) in [4.78, 5) is 7.33. The lowest BCUT2D eigenvalue weighted by molar-refractivity contribution is 0.142. The van der Waals surface area contributed by atoms with Crippen molar-refractivity contribution in [1.29, 1.82) is 0 Å². The number of rotatable bonds is 6. The summed E-state index contributed by atoms with van der Waals surface area (Å²) >= 11 is 1.76. The Bertz CT molecular complexity index is 609. The molecule has 2 aromatic rings. The fraction of sp³-hybridized carbons (Fsp3) is 0.632. The molecule has 1 fully saturated rings. The lowest BCUT2D eigenvalue weighted by Gasteiger charge is -2.33. The molecule has 1 saturated heterocycles. The van der Waals surface area contributed by atoms with E-state index in [1.165, 1.54) is 24.3 Å². The number of aromatic nitrogens is 1. The third kappa shape index (κ3) is 4.47. The van der Waals surface area contributed by atoms with Gasteiger partial charge in [-0.05, 0) is 38.1 Å². The van der Waals surface area contributed by atoms with E-state index in [9.17, 15) is 0 Å². The van der Waals surface area contributed by atoms with Crippen LogP contribution in [-0.2, 0) is 12.0 Å². The Morgan fingerprint density at radius 2 is 2.08 bits per heavy atom. The van der Waals surface area contributed by atoms with Crippen molar-refractivity contribution in [2.75, 3.05) is 19.6 Å². The first-order chi connectivity index (χ1) is 11.5. The van der Waals surface area contributed by atoms with Gasteiger partial charge in [-0.1, -0.05) is 27.2 Å². The van der Waals surface area contributed by atoms with E-state index < -0.39 is 0 Å². The van der Waals surface area contributed by atoms with Gasteiger partial charge in [0.1, 0.15) is 5.76 Å². The van der Waals surface area contributed by atoms with Gasteiger partial charge < -0.3 is 9.73 Å². The van der Waals surface area contributed by atoms with Crippen LogP contribution in [0.3, 0.4) is 0 Å². The van der Waals surface area contributed by atoms with Gasteiger partial charge in [-0.3, -0.25) is 4.90 Å². The summed E-state index contributed by atoms with van der Waals surface area (Å²) in [7, 11) is 0. The van der Waals surface area contributed by atoms with E-state index in [1.54, 1.807) is 17.6 Å². The van der Waals surface area contributed by atoms with Crippen LogP contribution in [0.25, 0.3) is 0 Å². The molecule has 3 heterocycles. The number of hydrogen-bond donors (Lipinski definition) is 1. The molecule has 1 N–H and O–H groups in total. The maximum Gasteiger partial charge on any atom is 0.122 e. The van der Waals surface area contributed by atoms with E-state index in [1.807, 2.05) is 6.07 Å². The lowest BCUT2D eigenvalue weighted by Crippen LogP contribution is -2.38. The van der Waals surface area contributed by atoms with Crippen LogP contribution in [0.5, 0.6) is 0 Å². The molecule has 0 bridgehead atoms. The van der Waals surface area contributed by atoms with Crippen LogP contribution in [0.15, 0.2) is 28.2 Å². The van der Waals surface area contributed by atoms with E-state index in [-0.39, 0.29) is 5.41 Å². The third-order valence-electron chi connectivity index (χ3n) is 4.54. The van der Waals surface area contributed by atoms with Gasteiger partial charge in [-0.15, -0.1) is 11.3 Å². The van der Waals surface area contributed by atoms with Crippen LogP contribution >= 0.6 is 11.3 Å². The molecule has 5 heteroatoms. The van der Waals surface area contributed by atoms with Gasteiger partial charge in [-0.25, -0.2) is 4.98 Å². The Kier molecular flexibility index (Phi) is 5.74. The molecular weight excluding hydrogens is 318 g/mol. The number of thiazole rings is 1. The largest absolute Gasteiger partial charge is 0.468 e. The molecular formula is C19H29N3OS. The Morgan fingerprint density at radius 1 is 1.29 bits per heavy atom. The summed E-state index contributed by atoms with van der Waals surface area (Å²) in [6, 6.07) is 4.41. The molecule has 132 valence electrons. The summed E-state index contributed by atoms with van der Waals surface area (Å²) in [5.41, 5.74) is 1.27. The highest BCUT2D eigenvalue weighted by Crippen LogP contribution is 2.26. The number of piperidine rings is 1. The van der Waals surface area contributed by atoms with Crippen molar-refractivity contribution >= 4 is 11.3 Å². The Hall–Kier alpha value is -1.17. The number of nitrogens with one attached hydrogen (secondary N) is 1. The average molecular weight is 348 g/mol. The highest BCUT2D eigenvalue weighted by molar-refractivity contribution is 7.09. The quantitative estimate of drug-likeness (QED) is 0.843. The number of nitrogens with zero attached hydrogens (tertiary/aromatic N) is 2. The smallest absolute Gasteiger partial charge is 0.122 e. The maximum atomic E-state index is 5.71. The Morgan fingerprint density at radius 3 is 2.71 bits per heavy atom. The minimum atomic E-state index is 0.132. The molecule has 1 aliphatic rings. The summed E-state index contributed by atoms with van der Waals surface area (Å²) in [6.07, 6.45) is 5.71. The zero-order valence-electron chi connectivity index (χ0n) is 15.0.